The molecule has 0 fully saturated rings. The number of nitrogens with zero attached hydrogens (tertiary/aromatic N) is 1. The van der Waals surface area contributed by atoms with Crippen molar-refractivity contribution in [1.82, 2.24) is 4.98 Å². The Morgan fingerprint density at radius 2 is 2.33 bits per heavy atom. The van der Waals surface area contributed by atoms with Crippen LogP contribution in [0.15, 0.2) is 12.1 Å². The van der Waals surface area contributed by atoms with E-state index >= 15 is 0 Å². The van der Waals surface area contributed by atoms with E-state index in [0.29, 0.717) is 5.69 Å². The first-order chi connectivity index (χ1) is 7.02. The summed E-state index contributed by atoms with van der Waals surface area (Å²) in [6, 6.07) is 2.82. The zero-order valence-corrected chi connectivity index (χ0v) is 8.52. The van der Waals surface area contributed by atoms with Gasteiger partial charge >= 0.3 is 5.97 Å². The number of terminal acetylenes is 1. The van der Waals surface area contributed by atoms with Gasteiger partial charge in [-0.3, -0.25) is 0 Å². The number of hydrogen-bond donors (Lipinski definition) is 1. The highest BCUT2D eigenvalue weighted by atomic mass is 16.5. The number of aromatic carboxylic acids is 1. The zero-order valence-electron chi connectivity index (χ0n) is 8.52. The Morgan fingerprint density at radius 3 is 2.87 bits per heavy atom. The molecule has 0 amide bonds. The van der Waals surface area contributed by atoms with Crippen molar-refractivity contribution in [1.29, 1.82) is 0 Å². The fourth-order valence-electron chi connectivity index (χ4n) is 1.04. The lowest BCUT2D eigenvalue weighted by Crippen LogP contribution is -2.10. The number of carboxylic acid groups (broad SMARTS) is 1. The molecule has 1 aromatic rings. The van der Waals surface area contributed by atoms with Crippen molar-refractivity contribution in [2.45, 2.75) is 20.0 Å². The standard InChI is InChI=1S/C11H11NO3/c1-4-8(3)15-10-6-9(11(13)14)5-7(2)12-10/h1,5-6,8H,2-3H3,(H,13,14). The molecule has 1 unspecified atom stereocenters. The van der Waals surface area contributed by atoms with Crippen molar-refractivity contribution >= 4 is 5.97 Å². The number of hydrogen-bond acceptors (Lipinski definition) is 3. The molecule has 1 aromatic heterocycles. The van der Waals surface area contributed by atoms with Crippen LogP contribution in [0.2, 0.25) is 0 Å². The minimum Gasteiger partial charge on any atom is -0.478 e. The lowest BCUT2D eigenvalue weighted by molar-refractivity contribution is 0.0695. The largest absolute Gasteiger partial charge is 0.478 e. The van der Waals surface area contributed by atoms with E-state index in [0.717, 1.165) is 0 Å². The van der Waals surface area contributed by atoms with E-state index in [2.05, 4.69) is 10.9 Å². The van der Waals surface area contributed by atoms with Gasteiger partial charge < -0.3 is 9.84 Å². The fourth-order valence-corrected chi connectivity index (χ4v) is 1.04. The number of aryl methyl sites for hydroxylation is 1. The molecular weight excluding hydrogens is 194 g/mol. The summed E-state index contributed by atoms with van der Waals surface area (Å²) >= 11 is 0. The highest BCUT2D eigenvalue weighted by Crippen LogP contribution is 2.13. The van der Waals surface area contributed by atoms with Gasteiger partial charge in [0.15, 0.2) is 6.10 Å². The van der Waals surface area contributed by atoms with Crippen LogP contribution in [0.4, 0.5) is 0 Å². The Balaban J connectivity index is 3.00. The zero-order chi connectivity index (χ0) is 11.4. The first-order valence-electron chi connectivity index (χ1n) is 4.37. The molecule has 15 heavy (non-hydrogen) atoms. The second-order valence-corrected chi connectivity index (χ2v) is 3.07. The summed E-state index contributed by atoms with van der Waals surface area (Å²) < 4.78 is 5.22. The first-order valence-corrected chi connectivity index (χ1v) is 4.37. The predicted octanol–water partition coefficient (Wildman–Crippen LogP) is 1.49. The van der Waals surface area contributed by atoms with Crippen LogP contribution in [0.25, 0.3) is 0 Å². The topological polar surface area (TPSA) is 59.4 Å². The van der Waals surface area contributed by atoms with E-state index in [1.807, 2.05) is 0 Å². The third-order valence-electron chi connectivity index (χ3n) is 1.71. The van der Waals surface area contributed by atoms with Crippen LogP contribution in [0.3, 0.4) is 0 Å². The van der Waals surface area contributed by atoms with Crippen LogP contribution in [-0.4, -0.2) is 22.2 Å². The summed E-state index contributed by atoms with van der Waals surface area (Å²) in [6.45, 7) is 3.38. The molecule has 0 spiro atoms. The van der Waals surface area contributed by atoms with Gasteiger partial charge in [0.2, 0.25) is 5.88 Å². The summed E-state index contributed by atoms with van der Waals surface area (Å²) in [7, 11) is 0. The Hall–Kier alpha value is -2.02. The van der Waals surface area contributed by atoms with E-state index in [1.165, 1.54) is 12.1 Å². The highest BCUT2D eigenvalue weighted by molar-refractivity contribution is 5.88. The molecule has 0 bridgehead atoms. The molecule has 0 saturated heterocycles. The van der Waals surface area contributed by atoms with E-state index in [4.69, 9.17) is 16.3 Å². The van der Waals surface area contributed by atoms with Crippen LogP contribution < -0.4 is 4.74 Å². The maximum atomic E-state index is 10.7. The summed E-state index contributed by atoms with van der Waals surface area (Å²) in [5.74, 6) is 1.59. The Labute approximate surface area is 87.9 Å². The van der Waals surface area contributed by atoms with E-state index in [1.54, 1.807) is 13.8 Å². The molecule has 0 aliphatic rings. The average molecular weight is 205 g/mol. The number of ether oxygens (including phenoxy) is 1. The Bertz CT molecular complexity index is 420. The van der Waals surface area contributed by atoms with Gasteiger partial charge in [-0.2, -0.15) is 0 Å². The van der Waals surface area contributed by atoms with Crippen molar-refractivity contribution in [3.8, 4) is 18.2 Å². The lowest BCUT2D eigenvalue weighted by Gasteiger charge is -2.09. The van der Waals surface area contributed by atoms with Crippen molar-refractivity contribution < 1.29 is 14.6 Å². The first kappa shape index (κ1) is 11.1. The van der Waals surface area contributed by atoms with Crippen molar-refractivity contribution in [2.24, 2.45) is 0 Å². The molecule has 1 N–H and O–H groups in total. The second-order valence-electron chi connectivity index (χ2n) is 3.07. The van der Waals surface area contributed by atoms with E-state index < -0.39 is 12.1 Å². The van der Waals surface area contributed by atoms with Crippen LogP contribution in [-0.2, 0) is 0 Å². The van der Waals surface area contributed by atoms with Crippen LogP contribution in [0, 0.1) is 19.3 Å². The lowest BCUT2D eigenvalue weighted by atomic mass is 10.2. The molecule has 1 atom stereocenters. The van der Waals surface area contributed by atoms with Gasteiger partial charge in [-0.05, 0) is 19.9 Å². The SMILES string of the molecule is C#CC(C)Oc1cc(C(=O)O)cc(C)n1. The van der Waals surface area contributed by atoms with E-state index in [-0.39, 0.29) is 11.4 Å². The fraction of sp³-hybridized carbons (Fsp3) is 0.273. The van der Waals surface area contributed by atoms with E-state index in [9.17, 15) is 4.79 Å². The third-order valence-corrected chi connectivity index (χ3v) is 1.71. The quantitative estimate of drug-likeness (QED) is 0.759. The molecule has 1 heterocycles. The van der Waals surface area contributed by atoms with Crippen LogP contribution in [0.5, 0.6) is 5.88 Å². The van der Waals surface area contributed by atoms with Gasteiger partial charge in [-0.25, -0.2) is 9.78 Å². The summed E-state index contributed by atoms with van der Waals surface area (Å²) in [5, 5.41) is 8.80. The number of pyridine rings is 1. The van der Waals surface area contributed by atoms with Gasteiger partial charge in [-0.15, -0.1) is 6.42 Å². The highest BCUT2D eigenvalue weighted by Gasteiger charge is 2.08. The second kappa shape index (κ2) is 4.47. The predicted molar refractivity (Wildman–Crippen MR) is 54.9 cm³/mol. The normalized spacial score (nSPS) is 11.5. The number of rotatable bonds is 3. The van der Waals surface area contributed by atoms with Gasteiger partial charge in [0.05, 0.1) is 5.56 Å². The summed E-state index contributed by atoms with van der Waals surface area (Å²) in [5.41, 5.74) is 0.718. The van der Waals surface area contributed by atoms with Gasteiger partial charge in [0.25, 0.3) is 0 Å². The Kier molecular flexibility index (Phi) is 3.29. The molecule has 0 radical (unpaired) electrons. The molecule has 78 valence electrons. The van der Waals surface area contributed by atoms with Gasteiger partial charge in [0, 0.05) is 11.8 Å². The maximum Gasteiger partial charge on any atom is 0.335 e. The summed E-state index contributed by atoms with van der Waals surface area (Å²) in [6.07, 6.45) is 4.71. The van der Waals surface area contributed by atoms with Crippen LogP contribution in [0.1, 0.15) is 23.0 Å². The maximum absolute atomic E-state index is 10.7. The molecule has 0 aliphatic heterocycles. The molecule has 0 saturated carbocycles. The van der Waals surface area contributed by atoms with Gasteiger partial charge in [-0.1, -0.05) is 5.92 Å². The molecule has 0 aliphatic carbocycles. The molecule has 4 nitrogen and oxygen atoms in total. The number of carboxylic acids is 1. The monoisotopic (exact) mass is 205 g/mol. The smallest absolute Gasteiger partial charge is 0.335 e. The van der Waals surface area contributed by atoms with Gasteiger partial charge in [0.1, 0.15) is 0 Å². The molecular formula is C11H11NO3. The van der Waals surface area contributed by atoms with Crippen molar-refractivity contribution in [2.75, 3.05) is 0 Å². The Morgan fingerprint density at radius 1 is 1.67 bits per heavy atom. The molecule has 1 rings (SSSR count). The summed E-state index contributed by atoms with van der Waals surface area (Å²) in [4.78, 5) is 14.8. The minimum atomic E-state index is -1.02. The average Bonchev–Trinajstić information content (AvgIpc) is 2.16. The molecule has 0 aromatic carbocycles. The molecule has 4 heteroatoms. The van der Waals surface area contributed by atoms with Crippen molar-refractivity contribution in [3.05, 3.63) is 23.4 Å². The number of aromatic nitrogens is 1. The van der Waals surface area contributed by atoms with Crippen LogP contribution >= 0.6 is 0 Å². The van der Waals surface area contributed by atoms with Crippen molar-refractivity contribution in [3.63, 3.8) is 0 Å². The minimum absolute atomic E-state index is 0.140. The number of carbonyl (C=O) groups is 1. The third kappa shape index (κ3) is 2.99.